The van der Waals surface area contributed by atoms with Gasteiger partial charge in [-0.15, -0.1) is 0 Å². The lowest BCUT2D eigenvalue weighted by atomic mass is 10.1. The molecule has 3 heteroatoms. The van der Waals surface area contributed by atoms with Crippen LogP contribution in [0.3, 0.4) is 0 Å². The normalized spacial score (nSPS) is 11.8. The van der Waals surface area contributed by atoms with E-state index in [9.17, 15) is 0 Å². The Balaban J connectivity index is 2.24. The molecule has 0 atom stereocenters. The average molecular weight is 326 g/mol. The van der Waals surface area contributed by atoms with Crippen LogP contribution in [-0.4, -0.2) is 16.6 Å². The molecule has 1 N–H and O–H groups in total. The molecule has 0 aliphatic heterocycles. The van der Waals surface area contributed by atoms with Gasteiger partial charge in [-0.25, -0.2) is 4.98 Å². The Kier molecular flexibility index (Phi) is 6.00. The standard InChI is InChI=1S/C21H31N3/c1-16(2)24(15-18-10-8-7-9-11-18)20-13-19(12-17(3)23-20)14-22-21(4,5)6/h7-13,16,22H,14-15H2,1-6H3. The lowest BCUT2D eigenvalue weighted by molar-refractivity contribution is 0.424. The van der Waals surface area contributed by atoms with Crippen molar-refractivity contribution in [2.24, 2.45) is 0 Å². The summed E-state index contributed by atoms with van der Waals surface area (Å²) < 4.78 is 0. The van der Waals surface area contributed by atoms with E-state index in [0.29, 0.717) is 6.04 Å². The average Bonchev–Trinajstić information content (AvgIpc) is 2.50. The zero-order valence-electron chi connectivity index (χ0n) is 15.9. The van der Waals surface area contributed by atoms with Crippen LogP contribution in [0.25, 0.3) is 0 Å². The largest absolute Gasteiger partial charge is 0.350 e. The Morgan fingerprint density at radius 1 is 1.04 bits per heavy atom. The van der Waals surface area contributed by atoms with Gasteiger partial charge in [0, 0.05) is 30.4 Å². The maximum atomic E-state index is 4.79. The summed E-state index contributed by atoms with van der Waals surface area (Å²) in [5.74, 6) is 1.06. The predicted molar refractivity (Wildman–Crippen MR) is 103 cm³/mol. The van der Waals surface area contributed by atoms with Crippen molar-refractivity contribution >= 4 is 5.82 Å². The Morgan fingerprint density at radius 2 is 1.71 bits per heavy atom. The molecule has 0 bridgehead atoms. The van der Waals surface area contributed by atoms with E-state index in [2.05, 4.69) is 94.2 Å². The second-order valence-electron chi connectivity index (χ2n) is 7.79. The van der Waals surface area contributed by atoms with Gasteiger partial charge in [-0.3, -0.25) is 0 Å². The van der Waals surface area contributed by atoms with E-state index in [1.165, 1.54) is 11.1 Å². The molecule has 130 valence electrons. The zero-order valence-corrected chi connectivity index (χ0v) is 15.9. The second-order valence-corrected chi connectivity index (χ2v) is 7.79. The molecule has 2 aromatic rings. The number of benzene rings is 1. The van der Waals surface area contributed by atoms with Crippen molar-refractivity contribution in [3.63, 3.8) is 0 Å². The third-order valence-corrected chi connectivity index (χ3v) is 3.94. The summed E-state index contributed by atoms with van der Waals surface area (Å²) in [5, 5.41) is 3.56. The molecule has 0 fully saturated rings. The maximum absolute atomic E-state index is 4.79. The van der Waals surface area contributed by atoms with E-state index < -0.39 is 0 Å². The van der Waals surface area contributed by atoms with Crippen molar-refractivity contribution in [1.82, 2.24) is 10.3 Å². The number of pyridine rings is 1. The van der Waals surface area contributed by atoms with E-state index in [4.69, 9.17) is 4.98 Å². The molecule has 1 heterocycles. The second kappa shape index (κ2) is 7.80. The molecular weight excluding hydrogens is 294 g/mol. The van der Waals surface area contributed by atoms with E-state index >= 15 is 0 Å². The molecule has 2 rings (SSSR count). The van der Waals surface area contributed by atoms with Gasteiger partial charge < -0.3 is 10.2 Å². The first-order chi connectivity index (χ1) is 11.2. The van der Waals surface area contributed by atoms with Crippen molar-refractivity contribution in [3.05, 3.63) is 59.3 Å². The van der Waals surface area contributed by atoms with Crippen molar-refractivity contribution < 1.29 is 0 Å². The van der Waals surface area contributed by atoms with Crippen molar-refractivity contribution in [3.8, 4) is 0 Å². The van der Waals surface area contributed by atoms with E-state index in [0.717, 1.165) is 24.6 Å². The lowest BCUT2D eigenvalue weighted by Gasteiger charge is -2.29. The molecule has 1 aromatic heterocycles. The molecule has 0 amide bonds. The smallest absolute Gasteiger partial charge is 0.129 e. The molecule has 0 spiro atoms. The van der Waals surface area contributed by atoms with E-state index in [-0.39, 0.29) is 5.54 Å². The SMILES string of the molecule is Cc1cc(CNC(C)(C)C)cc(N(Cc2ccccc2)C(C)C)n1. The highest BCUT2D eigenvalue weighted by Gasteiger charge is 2.15. The van der Waals surface area contributed by atoms with Gasteiger partial charge in [-0.2, -0.15) is 0 Å². The number of hydrogen-bond donors (Lipinski definition) is 1. The topological polar surface area (TPSA) is 28.2 Å². The van der Waals surface area contributed by atoms with Crippen LogP contribution in [0, 0.1) is 6.92 Å². The molecule has 0 saturated carbocycles. The summed E-state index contributed by atoms with van der Waals surface area (Å²) in [6.45, 7) is 14.8. The van der Waals surface area contributed by atoms with Gasteiger partial charge in [0.05, 0.1) is 0 Å². The molecule has 24 heavy (non-hydrogen) atoms. The van der Waals surface area contributed by atoms with Crippen LogP contribution in [0.15, 0.2) is 42.5 Å². The minimum atomic E-state index is 0.110. The Hall–Kier alpha value is -1.87. The van der Waals surface area contributed by atoms with Gasteiger partial charge in [0.1, 0.15) is 5.82 Å². The quantitative estimate of drug-likeness (QED) is 0.835. The number of nitrogens with zero attached hydrogens (tertiary/aromatic N) is 2. The third-order valence-electron chi connectivity index (χ3n) is 3.94. The number of nitrogens with one attached hydrogen (secondary N) is 1. The van der Waals surface area contributed by atoms with Gasteiger partial charge in [0.15, 0.2) is 0 Å². The molecule has 0 aliphatic rings. The molecule has 1 aromatic carbocycles. The Bertz CT molecular complexity index is 642. The van der Waals surface area contributed by atoms with Crippen LogP contribution in [0.2, 0.25) is 0 Å². The van der Waals surface area contributed by atoms with E-state index in [1.807, 2.05) is 0 Å². The van der Waals surface area contributed by atoms with Gasteiger partial charge in [0.2, 0.25) is 0 Å². The molecule has 0 radical (unpaired) electrons. The first kappa shape index (κ1) is 18.5. The first-order valence-electron chi connectivity index (χ1n) is 8.78. The van der Waals surface area contributed by atoms with Crippen molar-refractivity contribution in [2.45, 2.75) is 66.2 Å². The first-order valence-corrected chi connectivity index (χ1v) is 8.78. The summed E-state index contributed by atoms with van der Waals surface area (Å²) in [7, 11) is 0. The fourth-order valence-electron chi connectivity index (χ4n) is 2.65. The zero-order chi connectivity index (χ0) is 17.7. The van der Waals surface area contributed by atoms with Gasteiger partial charge in [0.25, 0.3) is 0 Å². The number of aryl methyl sites for hydroxylation is 1. The maximum Gasteiger partial charge on any atom is 0.129 e. The number of hydrogen-bond acceptors (Lipinski definition) is 3. The number of rotatable bonds is 6. The fraction of sp³-hybridized carbons (Fsp3) is 0.476. The molecule has 0 aliphatic carbocycles. The molecule has 0 unspecified atom stereocenters. The summed E-state index contributed by atoms with van der Waals surface area (Å²) in [6, 6.07) is 15.4. The minimum Gasteiger partial charge on any atom is -0.350 e. The minimum absolute atomic E-state index is 0.110. The Labute approximate surface area is 147 Å². The van der Waals surface area contributed by atoms with Crippen LogP contribution in [0.1, 0.15) is 51.4 Å². The van der Waals surface area contributed by atoms with Gasteiger partial charge in [-0.1, -0.05) is 30.3 Å². The van der Waals surface area contributed by atoms with Crippen LogP contribution in [0.5, 0.6) is 0 Å². The molecular formula is C21H31N3. The fourth-order valence-corrected chi connectivity index (χ4v) is 2.65. The highest BCUT2D eigenvalue weighted by Crippen LogP contribution is 2.21. The highest BCUT2D eigenvalue weighted by molar-refractivity contribution is 5.44. The van der Waals surface area contributed by atoms with Crippen LogP contribution >= 0.6 is 0 Å². The summed E-state index contributed by atoms with van der Waals surface area (Å²) in [4.78, 5) is 7.16. The Morgan fingerprint density at radius 3 is 2.29 bits per heavy atom. The summed E-state index contributed by atoms with van der Waals surface area (Å²) in [6.07, 6.45) is 0. The summed E-state index contributed by atoms with van der Waals surface area (Å²) in [5.41, 5.74) is 3.77. The van der Waals surface area contributed by atoms with Crippen LogP contribution in [0.4, 0.5) is 5.82 Å². The van der Waals surface area contributed by atoms with Crippen molar-refractivity contribution in [2.75, 3.05) is 4.90 Å². The van der Waals surface area contributed by atoms with Crippen molar-refractivity contribution in [1.29, 1.82) is 0 Å². The molecule has 3 nitrogen and oxygen atoms in total. The monoisotopic (exact) mass is 325 g/mol. The van der Waals surface area contributed by atoms with E-state index in [1.54, 1.807) is 0 Å². The predicted octanol–water partition coefficient (Wildman–Crippen LogP) is 4.69. The van der Waals surface area contributed by atoms with Gasteiger partial charge >= 0.3 is 0 Å². The third kappa shape index (κ3) is 5.64. The number of aromatic nitrogens is 1. The van der Waals surface area contributed by atoms with Gasteiger partial charge in [-0.05, 0) is 64.8 Å². The highest BCUT2D eigenvalue weighted by atomic mass is 15.2. The molecule has 0 saturated heterocycles. The van der Waals surface area contributed by atoms with Crippen LogP contribution in [-0.2, 0) is 13.1 Å². The summed E-state index contributed by atoms with van der Waals surface area (Å²) >= 11 is 0. The van der Waals surface area contributed by atoms with Crippen LogP contribution < -0.4 is 10.2 Å². The number of anilines is 1. The lowest BCUT2D eigenvalue weighted by Crippen LogP contribution is -2.35.